The Balaban J connectivity index is 2.65. The van der Waals surface area contributed by atoms with Crippen LogP contribution in [0.2, 0.25) is 0 Å². The molecule has 0 aliphatic heterocycles. The second-order valence-corrected chi connectivity index (χ2v) is 3.64. The van der Waals surface area contributed by atoms with Gasteiger partial charge in [0.1, 0.15) is 11.6 Å². The molecular formula is C10H9F2NO2. The van der Waals surface area contributed by atoms with Gasteiger partial charge in [0, 0.05) is 11.6 Å². The van der Waals surface area contributed by atoms with Crippen LogP contribution in [0.1, 0.15) is 17.5 Å². The van der Waals surface area contributed by atoms with Crippen LogP contribution in [0, 0.1) is 11.6 Å². The molecule has 5 heteroatoms. The Morgan fingerprint density at radius 1 is 1.47 bits per heavy atom. The molecule has 0 saturated heterocycles. The predicted octanol–water partition coefficient (Wildman–Crippen LogP) is 0.584. The highest BCUT2D eigenvalue weighted by Crippen LogP contribution is 2.38. The molecule has 1 aromatic carbocycles. The number of carbonyl (C=O) groups excluding carboxylic acids is 1. The predicted molar refractivity (Wildman–Crippen MR) is 47.8 cm³/mol. The fourth-order valence-electron chi connectivity index (χ4n) is 1.92. The number of aliphatic hydroxyl groups is 1. The molecule has 0 heterocycles. The summed E-state index contributed by atoms with van der Waals surface area (Å²) in [6, 6.07) is 1.68. The van der Waals surface area contributed by atoms with Crippen molar-refractivity contribution in [1.82, 2.24) is 0 Å². The SMILES string of the molecule is NC(=O)C1(O)CCc2c(F)cc(F)cc21. The summed E-state index contributed by atoms with van der Waals surface area (Å²) in [7, 11) is 0. The minimum Gasteiger partial charge on any atom is -0.375 e. The van der Waals surface area contributed by atoms with Gasteiger partial charge in [-0.2, -0.15) is 0 Å². The lowest BCUT2D eigenvalue weighted by Crippen LogP contribution is -2.39. The van der Waals surface area contributed by atoms with E-state index in [9.17, 15) is 18.7 Å². The van der Waals surface area contributed by atoms with Gasteiger partial charge in [0.25, 0.3) is 5.91 Å². The molecule has 1 unspecified atom stereocenters. The lowest BCUT2D eigenvalue weighted by atomic mass is 9.95. The summed E-state index contributed by atoms with van der Waals surface area (Å²) in [5.74, 6) is -2.55. The summed E-state index contributed by atoms with van der Waals surface area (Å²) < 4.78 is 26.2. The second-order valence-electron chi connectivity index (χ2n) is 3.64. The molecule has 0 aromatic heterocycles. The maximum Gasteiger partial charge on any atom is 0.254 e. The number of rotatable bonds is 1. The number of amides is 1. The Morgan fingerprint density at radius 3 is 2.73 bits per heavy atom. The van der Waals surface area contributed by atoms with Crippen LogP contribution >= 0.6 is 0 Å². The standard InChI is InChI=1S/C10H9F2NO2/c11-5-3-7-6(8(12)4-5)1-2-10(7,15)9(13)14/h3-4,15H,1-2H2,(H2,13,14). The molecule has 1 amide bonds. The maximum absolute atomic E-state index is 13.3. The van der Waals surface area contributed by atoms with Gasteiger partial charge in [-0.1, -0.05) is 0 Å². The van der Waals surface area contributed by atoms with Crippen LogP contribution in [-0.4, -0.2) is 11.0 Å². The fourth-order valence-corrected chi connectivity index (χ4v) is 1.92. The molecule has 0 fully saturated rings. The topological polar surface area (TPSA) is 63.3 Å². The number of hydrogen-bond donors (Lipinski definition) is 2. The number of halogens is 2. The van der Waals surface area contributed by atoms with Crippen LogP contribution in [-0.2, 0) is 16.8 Å². The van der Waals surface area contributed by atoms with Gasteiger partial charge in [-0.25, -0.2) is 8.78 Å². The van der Waals surface area contributed by atoms with Gasteiger partial charge >= 0.3 is 0 Å². The minimum absolute atomic E-state index is 0.00194. The molecule has 1 atom stereocenters. The van der Waals surface area contributed by atoms with E-state index >= 15 is 0 Å². The van der Waals surface area contributed by atoms with Crippen molar-refractivity contribution in [2.45, 2.75) is 18.4 Å². The number of nitrogens with two attached hydrogens (primary N) is 1. The van der Waals surface area contributed by atoms with E-state index in [1.165, 1.54) is 0 Å². The molecule has 1 aliphatic carbocycles. The number of benzene rings is 1. The average molecular weight is 213 g/mol. The van der Waals surface area contributed by atoms with E-state index in [0.717, 1.165) is 12.1 Å². The van der Waals surface area contributed by atoms with E-state index in [0.29, 0.717) is 0 Å². The largest absolute Gasteiger partial charge is 0.375 e. The summed E-state index contributed by atoms with van der Waals surface area (Å²) in [5.41, 5.74) is 3.20. The number of fused-ring (bicyclic) bond motifs is 1. The van der Waals surface area contributed by atoms with Gasteiger partial charge in [0.05, 0.1) is 0 Å². The molecule has 1 aromatic rings. The number of primary amides is 1. The smallest absolute Gasteiger partial charge is 0.254 e. The first-order valence-corrected chi connectivity index (χ1v) is 4.46. The van der Waals surface area contributed by atoms with Crippen molar-refractivity contribution in [1.29, 1.82) is 0 Å². The average Bonchev–Trinajstić information content (AvgIpc) is 2.46. The van der Waals surface area contributed by atoms with Crippen LogP contribution in [0.15, 0.2) is 12.1 Å². The zero-order valence-corrected chi connectivity index (χ0v) is 7.76. The summed E-state index contributed by atoms with van der Waals surface area (Å²) in [4.78, 5) is 11.0. The van der Waals surface area contributed by atoms with Crippen LogP contribution in [0.5, 0.6) is 0 Å². The molecule has 0 saturated carbocycles. The zero-order chi connectivity index (χ0) is 11.2. The third-order valence-corrected chi connectivity index (χ3v) is 2.75. The summed E-state index contributed by atoms with van der Waals surface area (Å²) in [6.07, 6.45) is 0.179. The van der Waals surface area contributed by atoms with E-state index in [1.54, 1.807) is 0 Å². The quantitative estimate of drug-likeness (QED) is 0.716. The molecule has 0 radical (unpaired) electrons. The molecule has 3 N–H and O–H groups in total. The second kappa shape index (κ2) is 3.00. The van der Waals surface area contributed by atoms with Gasteiger partial charge in [-0.05, 0) is 24.5 Å². The Labute approximate surface area is 84.5 Å². The van der Waals surface area contributed by atoms with E-state index in [-0.39, 0.29) is 24.0 Å². The van der Waals surface area contributed by atoms with Gasteiger partial charge in [0.2, 0.25) is 0 Å². The Morgan fingerprint density at radius 2 is 2.13 bits per heavy atom. The Bertz CT molecular complexity index is 447. The van der Waals surface area contributed by atoms with Crippen LogP contribution in [0.3, 0.4) is 0 Å². The molecule has 3 nitrogen and oxygen atoms in total. The van der Waals surface area contributed by atoms with Crippen molar-refractivity contribution < 1.29 is 18.7 Å². The molecule has 2 rings (SSSR count). The Kier molecular flexibility index (Phi) is 2.01. The van der Waals surface area contributed by atoms with Crippen molar-refractivity contribution in [3.63, 3.8) is 0 Å². The maximum atomic E-state index is 13.3. The van der Waals surface area contributed by atoms with Gasteiger partial charge < -0.3 is 10.8 Å². The first-order valence-electron chi connectivity index (χ1n) is 4.46. The minimum atomic E-state index is -1.93. The highest BCUT2D eigenvalue weighted by molar-refractivity contribution is 5.86. The van der Waals surface area contributed by atoms with Gasteiger partial charge in [-0.3, -0.25) is 4.79 Å². The van der Waals surface area contributed by atoms with Crippen LogP contribution in [0.25, 0.3) is 0 Å². The molecule has 80 valence electrons. The van der Waals surface area contributed by atoms with Gasteiger partial charge in [-0.15, -0.1) is 0 Å². The summed E-state index contributed by atoms with van der Waals surface area (Å²) in [6.45, 7) is 0. The third kappa shape index (κ3) is 1.31. The number of carbonyl (C=O) groups is 1. The van der Waals surface area contributed by atoms with E-state index < -0.39 is 23.1 Å². The zero-order valence-electron chi connectivity index (χ0n) is 7.76. The van der Waals surface area contributed by atoms with E-state index in [2.05, 4.69) is 0 Å². The Hall–Kier alpha value is -1.49. The van der Waals surface area contributed by atoms with Crippen LogP contribution in [0.4, 0.5) is 8.78 Å². The van der Waals surface area contributed by atoms with Crippen LogP contribution < -0.4 is 5.73 Å². The molecule has 0 spiro atoms. The summed E-state index contributed by atoms with van der Waals surface area (Å²) >= 11 is 0. The van der Waals surface area contributed by atoms with E-state index in [4.69, 9.17) is 5.73 Å². The monoisotopic (exact) mass is 213 g/mol. The fraction of sp³-hybridized carbons (Fsp3) is 0.300. The summed E-state index contributed by atoms with van der Waals surface area (Å²) in [5, 5.41) is 9.86. The molecule has 1 aliphatic rings. The highest BCUT2D eigenvalue weighted by Gasteiger charge is 2.43. The van der Waals surface area contributed by atoms with Crippen molar-refractivity contribution >= 4 is 5.91 Å². The van der Waals surface area contributed by atoms with Crippen molar-refractivity contribution in [2.24, 2.45) is 5.73 Å². The number of hydrogen-bond acceptors (Lipinski definition) is 2. The molecule has 15 heavy (non-hydrogen) atoms. The lowest BCUT2D eigenvalue weighted by Gasteiger charge is -2.19. The highest BCUT2D eigenvalue weighted by atomic mass is 19.1. The van der Waals surface area contributed by atoms with Crippen molar-refractivity contribution in [3.8, 4) is 0 Å². The first kappa shape index (κ1) is 10.0. The normalized spacial score (nSPS) is 23.9. The third-order valence-electron chi connectivity index (χ3n) is 2.75. The van der Waals surface area contributed by atoms with Gasteiger partial charge in [0.15, 0.2) is 5.60 Å². The molecule has 0 bridgehead atoms. The van der Waals surface area contributed by atoms with Crippen molar-refractivity contribution in [3.05, 3.63) is 34.9 Å². The lowest BCUT2D eigenvalue weighted by molar-refractivity contribution is -0.137. The molecular weight excluding hydrogens is 204 g/mol. The first-order chi connectivity index (χ1) is 6.95. The van der Waals surface area contributed by atoms with E-state index in [1.807, 2.05) is 0 Å². The van der Waals surface area contributed by atoms with Crippen molar-refractivity contribution in [2.75, 3.05) is 0 Å².